The lowest BCUT2D eigenvalue weighted by molar-refractivity contribution is -0.122. The van der Waals surface area contributed by atoms with E-state index in [-0.39, 0.29) is 29.6 Å². The SMILES string of the molecule is N#Cc1ccc(NC(=O)N2CCC3(CC2)NC(C(=O)NCc2ccc4c(c2)OCO4)CS3)cc1. The highest BCUT2D eigenvalue weighted by Gasteiger charge is 2.44. The number of hydrogen-bond donors (Lipinski definition) is 3. The molecule has 3 amide bonds. The lowest BCUT2D eigenvalue weighted by Gasteiger charge is -2.39. The van der Waals surface area contributed by atoms with Gasteiger partial charge in [-0.3, -0.25) is 10.1 Å². The van der Waals surface area contributed by atoms with Gasteiger partial charge in [-0.1, -0.05) is 6.07 Å². The molecule has 9 nitrogen and oxygen atoms in total. The Balaban J connectivity index is 1.09. The Bertz CT molecular complexity index is 1130. The molecule has 0 aliphatic carbocycles. The number of fused-ring (bicyclic) bond motifs is 1. The van der Waals surface area contributed by atoms with Crippen molar-refractivity contribution in [3.63, 3.8) is 0 Å². The van der Waals surface area contributed by atoms with Crippen LogP contribution in [0.2, 0.25) is 0 Å². The average molecular weight is 480 g/mol. The van der Waals surface area contributed by atoms with E-state index in [0.29, 0.717) is 42.4 Å². The maximum atomic E-state index is 12.8. The molecule has 1 unspecified atom stereocenters. The first-order chi connectivity index (χ1) is 16.5. The molecule has 2 saturated heterocycles. The van der Waals surface area contributed by atoms with Gasteiger partial charge in [-0.05, 0) is 54.8 Å². The molecule has 2 fully saturated rings. The predicted octanol–water partition coefficient (Wildman–Crippen LogP) is 2.63. The van der Waals surface area contributed by atoms with E-state index in [1.54, 1.807) is 40.9 Å². The zero-order valence-electron chi connectivity index (χ0n) is 18.5. The number of carbonyl (C=O) groups excluding carboxylic acids is 2. The number of piperidine rings is 1. The van der Waals surface area contributed by atoms with E-state index in [1.807, 2.05) is 18.2 Å². The first kappa shape index (κ1) is 22.4. The van der Waals surface area contributed by atoms with E-state index in [0.717, 1.165) is 24.2 Å². The molecule has 3 aliphatic rings. The third-order valence-electron chi connectivity index (χ3n) is 6.31. The van der Waals surface area contributed by atoms with Gasteiger partial charge in [0, 0.05) is 31.1 Å². The van der Waals surface area contributed by atoms with Crippen LogP contribution in [0, 0.1) is 11.3 Å². The lowest BCUT2D eigenvalue weighted by atomic mass is 10.0. The van der Waals surface area contributed by atoms with Crippen LogP contribution >= 0.6 is 11.8 Å². The van der Waals surface area contributed by atoms with E-state index in [4.69, 9.17) is 14.7 Å². The highest BCUT2D eigenvalue weighted by molar-refractivity contribution is 8.01. The molecule has 2 aromatic rings. The van der Waals surface area contributed by atoms with E-state index in [2.05, 4.69) is 22.0 Å². The van der Waals surface area contributed by atoms with Gasteiger partial charge in [0.05, 0.1) is 22.5 Å². The smallest absolute Gasteiger partial charge is 0.321 e. The third-order valence-corrected chi connectivity index (χ3v) is 7.89. The number of urea groups is 1. The second kappa shape index (κ2) is 9.44. The number of rotatable bonds is 4. The summed E-state index contributed by atoms with van der Waals surface area (Å²) in [6.07, 6.45) is 1.54. The number of hydrogen-bond acceptors (Lipinski definition) is 7. The van der Waals surface area contributed by atoms with Gasteiger partial charge in [0.2, 0.25) is 12.7 Å². The van der Waals surface area contributed by atoms with Gasteiger partial charge in [-0.25, -0.2) is 4.79 Å². The van der Waals surface area contributed by atoms with E-state index >= 15 is 0 Å². The molecule has 1 atom stereocenters. The molecule has 3 aliphatic heterocycles. The molecule has 1 spiro atoms. The first-order valence-electron chi connectivity index (χ1n) is 11.2. The Morgan fingerprint density at radius 2 is 1.91 bits per heavy atom. The molecule has 10 heteroatoms. The van der Waals surface area contributed by atoms with Crippen LogP contribution in [0.4, 0.5) is 10.5 Å². The molecular formula is C24H25N5O4S. The number of amides is 3. The maximum Gasteiger partial charge on any atom is 0.321 e. The molecule has 0 aromatic heterocycles. The van der Waals surface area contributed by atoms with E-state index in [9.17, 15) is 9.59 Å². The average Bonchev–Trinajstić information content (AvgIpc) is 3.50. The Labute approximate surface area is 201 Å². The van der Waals surface area contributed by atoms with Crippen molar-refractivity contribution in [2.24, 2.45) is 0 Å². The van der Waals surface area contributed by atoms with Gasteiger partial charge < -0.3 is 25.0 Å². The topological polar surface area (TPSA) is 116 Å². The Hall–Kier alpha value is -3.42. The second-order valence-electron chi connectivity index (χ2n) is 8.51. The van der Waals surface area contributed by atoms with Gasteiger partial charge >= 0.3 is 6.03 Å². The number of carbonyl (C=O) groups is 2. The van der Waals surface area contributed by atoms with Crippen molar-refractivity contribution in [1.29, 1.82) is 5.26 Å². The molecule has 5 rings (SSSR count). The van der Waals surface area contributed by atoms with Gasteiger partial charge in [0.1, 0.15) is 0 Å². The molecule has 34 heavy (non-hydrogen) atoms. The van der Waals surface area contributed by atoms with Gasteiger partial charge in [0.15, 0.2) is 11.5 Å². The van der Waals surface area contributed by atoms with Crippen molar-refractivity contribution in [1.82, 2.24) is 15.5 Å². The van der Waals surface area contributed by atoms with Crippen molar-refractivity contribution in [3.8, 4) is 17.6 Å². The fourth-order valence-corrected chi connectivity index (χ4v) is 5.76. The van der Waals surface area contributed by atoms with Crippen LogP contribution in [0.5, 0.6) is 11.5 Å². The van der Waals surface area contributed by atoms with Gasteiger partial charge in [-0.2, -0.15) is 5.26 Å². The monoisotopic (exact) mass is 479 g/mol. The number of ether oxygens (including phenoxy) is 2. The number of nitrogens with zero attached hydrogens (tertiary/aromatic N) is 2. The molecule has 0 radical (unpaired) electrons. The predicted molar refractivity (Wildman–Crippen MR) is 128 cm³/mol. The minimum Gasteiger partial charge on any atom is -0.454 e. The fourth-order valence-electron chi connectivity index (χ4n) is 4.34. The van der Waals surface area contributed by atoms with Crippen molar-refractivity contribution >= 4 is 29.4 Å². The summed E-state index contributed by atoms with van der Waals surface area (Å²) in [6.45, 7) is 1.86. The fraction of sp³-hybridized carbons (Fsp3) is 0.375. The normalized spacial score (nSPS) is 20.1. The van der Waals surface area contributed by atoms with E-state index in [1.165, 1.54) is 0 Å². The second-order valence-corrected chi connectivity index (χ2v) is 9.92. The summed E-state index contributed by atoms with van der Waals surface area (Å²) < 4.78 is 10.7. The molecule has 0 bridgehead atoms. The van der Waals surface area contributed by atoms with Crippen LogP contribution < -0.4 is 25.4 Å². The minimum absolute atomic E-state index is 0.0250. The number of benzene rings is 2. The maximum absolute atomic E-state index is 12.8. The van der Waals surface area contributed by atoms with E-state index < -0.39 is 0 Å². The molecule has 3 N–H and O–H groups in total. The standard InChI is InChI=1S/C24H25N5O4S/c25-12-16-1-4-18(5-2-16)27-23(31)29-9-7-24(8-10-29)28-19(14-34-24)22(30)26-13-17-3-6-20-21(11-17)33-15-32-20/h1-6,11,19,28H,7-10,13-15H2,(H,26,30)(H,27,31). The lowest BCUT2D eigenvalue weighted by Crippen LogP contribution is -2.54. The summed E-state index contributed by atoms with van der Waals surface area (Å²) in [5.74, 6) is 2.10. The summed E-state index contributed by atoms with van der Waals surface area (Å²) in [5.41, 5.74) is 2.17. The summed E-state index contributed by atoms with van der Waals surface area (Å²) >= 11 is 1.76. The number of anilines is 1. The quantitative estimate of drug-likeness (QED) is 0.617. The van der Waals surface area contributed by atoms with Gasteiger partial charge in [-0.15, -0.1) is 11.8 Å². The van der Waals surface area contributed by atoms with Crippen molar-refractivity contribution in [2.75, 3.05) is 31.0 Å². The summed E-state index contributed by atoms with van der Waals surface area (Å²) in [4.78, 5) is 27.0. The van der Waals surface area contributed by atoms with Crippen LogP contribution in [0.25, 0.3) is 0 Å². The Morgan fingerprint density at radius 1 is 1.15 bits per heavy atom. The van der Waals surface area contributed by atoms with Crippen molar-refractivity contribution in [2.45, 2.75) is 30.3 Å². The van der Waals surface area contributed by atoms with Crippen LogP contribution in [0.1, 0.15) is 24.0 Å². The summed E-state index contributed by atoms with van der Waals surface area (Å²) in [6, 6.07) is 14.1. The van der Waals surface area contributed by atoms with Crippen LogP contribution in [0.3, 0.4) is 0 Å². The number of nitrogens with one attached hydrogen (secondary N) is 3. The zero-order chi connectivity index (χ0) is 23.5. The third kappa shape index (κ3) is 4.76. The van der Waals surface area contributed by atoms with Crippen LogP contribution in [0.15, 0.2) is 42.5 Å². The number of nitriles is 1. The molecule has 2 aromatic carbocycles. The largest absolute Gasteiger partial charge is 0.454 e. The number of thioether (sulfide) groups is 1. The van der Waals surface area contributed by atoms with Gasteiger partial charge in [0.25, 0.3) is 0 Å². The highest BCUT2D eigenvalue weighted by atomic mass is 32.2. The van der Waals surface area contributed by atoms with Crippen molar-refractivity contribution in [3.05, 3.63) is 53.6 Å². The molecule has 0 saturated carbocycles. The summed E-state index contributed by atoms with van der Waals surface area (Å²) in [5, 5.41) is 18.3. The Kier molecular flexibility index (Phi) is 6.22. The molecule has 176 valence electrons. The molecule has 3 heterocycles. The Morgan fingerprint density at radius 3 is 2.68 bits per heavy atom. The zero-order valence-corrected chi connectivity index (χ0v) is 19.3. The van der Waals surface area contributed by atoms with Crippen LogP contribution in [-0.4, -0.2) is 53.4 Å². The van der Waals surface area contributed by atoms with Crippen molar-refractivity contribution < 1.29 is 19.1 Å². The molecular weight excluding hydrogens is 454 g/mol. The highest BCUT2D eigenvalue weighted by Crippen LogP contribution is 2.39. The minimum atomic E-state index is -0.266. The van der Waals surface area contributed by atoms with Crippen LogP contribution in [-0.2, 0) is 11.3 Å². The number of likely N-dealkylation sites (tertiary alicyclic amines) is 1. The first-order valence-corrected chi connectivity index (χ1v) is 12.2. The summed E-state index contributed by atoms with van der Waals surface area (Å²) in [7, 11) is 0.